The number of fused-ring (bicyclic) bond motifs is 1. The largest absolute Gasteiger partial charge is 0.338 e. The minimum atomic E-state index is -0.241. The normalized spacial score (nSPS) is 15.9. The Morgan fingerprint density at radius 3 is 2.64 bits per heavy atom. The van der Waals surface area contributed by atoms with E-state index < -0.39 is 0 Å². The van der Waals surface area contributed by atoms with Crippen LogP contribution in [0.25, 0.3) is 10.1 Å². The molecule has 2 heterocycles. The molecular weight excluding hydrogens is 323 g/mol. The number of carbonyl (C=O) groups excluding carboxylic acids is 1. The molecular formula is C16H20ClFN2OS. The summed E-state index contributed by atoms with van der Waals surface area (Å²) in [5, 5.41) is 3.85. The third kappa shape index (κ3) is 2.98. The molecule has 6 heteroatoms. The second-order valence-corrected chi connectivity index (χ2v) is 6.58. The van der Waals surface area contributed by atoms with Crippen molar-refractivity contribution in [2.24, 2.45) is 0 Å². The van der Waals surface area contributed by atoms with Crippen LogP contribution in [0.4, 0.5) is 4.39 Å². The average Bonchev–Trinajstić information content (AvgIpc) is 2.85. The molecule has 3 nitrogen and oxygen atoms in total. The summed E-state index contributed by atoms with van der Waals surface area (Å²) in [6, 6.07) is 5.52. The van der Waals surface area contributed by atoms with Crippen molar-refractivity contribution in [1.29, 1.82) is 0 Å². The van der Waals surface area contributed by atoms with Crippen LogP contribution in [0.5, 0.6) is 0 Å². The Labute approximate surface area is 139 Å². The van der Waals surface area contributed by atoms with Gasteiger partial charge in [0.2, 0.25) is 0 Å². The number of nitrogens with zero attached hydrogens (tertiary/aromatic N) is 1. The SMILES string of the molecule is CNC1CCN(C(=O)c2sc3cccc(F)c3c2C)CC1.Cl. The molecule has 1 aliphatic heterocycles. The minimum Gasteiger partial charge on any atom is -0.338 e. The topological polar surface area (TPSA) is 32.3 Å². The number of hydrogen-bond acceptors (Lipinski definition) is 3. The summed E-state index contributed by atoms with van der Waals surface area (Å²) < 4.78 is 14.8. The van der Waals surface area contributed by atoms with Gasteiger partial charge in [-0.25, -0.2) is 4.39 Å². The van der Waals surface area contributed by atoms with Gasteiger partial charge in [0.25, 0.3) is 5.91 Å². The average molecular weight is 343 g/mol. The Morgan fingerprint density at radius 1 is 1.36 bits per heavy atom. The van der Waals surface area contributed by atoms with E-state index in [2.05, 4.69) is 5.32 Å². The molecule has 0 spiro atoms. The molecule has 0 atom stereocenters. The number of thiophene rings is 1. The quantitative estimate of drug-likeness (QED) is 0.904. The summed E-state index contributed by atoms with van der Waals surface area (Å²) in [4.78, 5) is 15.3. The third-order valence-corrected chi connectivity index (χ3v) is 5.53. The number of amides is 1. The summed E-state index contributed by atoms with van der Waals surface area (Å²) in [5.74, 6) is -0.197. The number of aryl methyl sites for hydroxylation is 1. The number of hydrogen-bond donors (Lipinski definition) is 1. The fraction of sp³-hybridized carbons (Fsp3) is 0.438. The molecule has 2 aromatic rings. The molecule has 0 radical (unpaired) electrons. The highest BCUT2D eigenvalue weighted by Gasteiger charge is 2.26. The van der Waals surface area contributed by atoms with E-state index in [1.54, 1.807) is 6.07 Å². The van der Waals surface area contributed by atoms with Crippen molar-refractivity contribution in [2.75, 3.05) is 20.1 Å². The predicted molar refractivity (Wildman–Crippen MR) is 91.8 cm³/mol. The van der Waals surface area contributed by atoms with E-state index in [0.29, 0.717) is 16.3 Å². The van der Waals surface area contributed by atoms with Crippen molar-refractivity contribution in [3.63, 3.8) is 0 Å². The third-order valence-electron chi connectivity index (χ3n) is 4.29. The molecule has 120 valence electrons. The van der Waals surface area contributed by atoms with E-state index in [1.807, 2.05) is 24.9 Å². The standard InChI is InChI=1S/C16H19FN2OS.ClH/c1-10-14-12(17)4-3-5-13(14)21-15(10)16(20)19-8-6-11(18-2)7-9-19;/h3-5,11,18H,6-9H2,1-2H3;1H. The van der Waals surface area contributed by atoms with Crippen LogP contribution in [0, 0.1) is 12.7 Å². The highest BCUT2D eigenvalue weighted by atomic mass is 35.5. The van der Waals surface area contributed by atoms with Crippen LogP contribution in [0.3, 0.4) is 0 Å². The molecule has 1 aromatic carbocycles. The van der Waals surface area contributed by atoms with Crippen LogP contribution in [-0.2, 0) is 0 Å². The number of piperidine rings is 1. The molecule has 0 aliphatic carbocycles. The summed E-state index contributed by atoms with van der Waals surface area (Å²) in [6.45, 7) is 3.37. The number of benzene rings is 1. The number of halogens is 2. The molecule has 1 amide bonds. The van der Waals surface area contributed by atoms with Gasteiger partial charge in [-0.05, 0) is 44.5 Å². The summed E-state index contributed by atoms with van der Waals surface area (Å²) in [7, 11) is 1.96. The summed E-state index contributed by atoms with van der Waals surface area (Å²) in [6.07, 6.45) is 1.95. The van der Waals surface area contributed by atoms with Crippen molar-refractivity contribution in [3.8, 4) is 0 Å². The number of nitrogens with one attached hydrogen (secondary N) is 1. The molecule has 0 saturated carbocycles. The molecule has 0 unspecified atom stereocenters. The molecule has 1 N–H and O–H groups in total. The van der Waals surface area contributed by atoms with Gasteiger partial charge in [0.1, 0.15) is 5.82 Å². The molecule has 1 fully saturated rings. The first-order chi connectivity index (χ1) is 10.1. The van der Waals surface area contributed by atoms with Crippen LogP contribution in [0.2, 0.25) is 0 Å². The Bertz CT molecular complexity index is 680. The van der Waals surface area contributed by atoms with E-state index in [-0.39, 0.29) is 24.1 Å². The first-order valence-corrected chi connectivity index (χ1v) is 8.07. The van der Waals surface area contributed by atoms with Crippen LogP contribution in [0.15, 0.2) is 18.2 Å². The van der Waals surface area contributed by atoms with E-state index in [4.69, 9.17) is 0 Å². The van der Waals surface area contributed by atoms with Gasteiger partial charge in [0, 0.05) is 29.2 Å². The maximum Gasteiger partial charge on any atom is 0.264 e. The van der Waals surface area contributed by atoms with Gasteiger partial charge in [-0.2, -0.15) is 0 Å². The lowest BCUT2D eigenvalue weighted by Crippen LogP contribution is -2.43. The van der Waals surface area contributed by atoms with Gasteiger partial charge in [-0.15, -0.1) is 23.7 Å². The van der Waals surface area contributed by atoms with Crippen LogP contribution < -0.4 is 5.32 Å². The fourth-order valence-electron chi connectivity index (χ4n) is 2.97. The van der Waals surface area contributed by atoms with Crippen molar-refractivity contribution in [3.05, 3.63) is 34.5 Å². The Balaban J connectivity index is 0.00000176. The fourth-order valence-corrected chi connectivity index (χ4v) is 4.16. The lowest BCUT2D eigenvalue weighted by molar-refractivity contribution is 0.0711. The maximum absolute atomic E-state index is 13.9. The molecule has 1 aromatic heterocycles. The van der Waals surface area contributed by atoms with Gasteiger partial charge >= 0.3 is 0 Å². The molecule has 3 rings (SSSR count). The molecule has 1 saturated heterocycles. The Kier molecular flexibility index (Phi) is 5.42. The monoisotopic (exact) mass is 342 g/mol. The molecule has 1 aliphatic rings. The lowest BCUT2D eigenvalue weighted by atomic mass is 10.0. The number of carbonyl (C=O) groups is 1. The number of rotatable bonds is 2. The van der Waals surface area contributed by atoms with Gasteiger partial charge in [0.15, 0.2) is 0 Å². The second-order valence-electron chi connectivity index (χ2n) is 5.52. The van der Waals surface area contributed by atoms with E-state index >= 15 is 0 Å². The van der Waals surface area contributed by atoms with Crippen molar-refractivity contribution < 1.29 is 9.18 Å². The minimum absolute atomic E-state index is 0. The Morgan fingerprint density at radius 2 is 2.05 bits per heavy atom. The van der Waals surface area contributed by atoms with Gasteiger partial charge in [0.05, 0.1) is 4.88 Å². The van der Waals surface area contributed by atoms with Crippen molar-refractivity contribution >= 4 is 39.7 Å². The lowest BCUT2D eigenvalue weighted by Gasteiger charge is -2.31. The molecule has 22 heavy (non-hydrogen) atoms. The van der Waals surface area contributed by atoms with E-state index in [0.717, 1.165) is 36.2 Å². The smallest absolute Gasteiger partial charge is 0.264 e. The summed E-state index contributed by atoms with van der Waals surface area (Å²) in [5.41, 5.74) is 0.772. The maximum atomic E-state index is 13.9. The second kappa shape index (κ2) is 6.94. The van der Waals surface area contributed by atoms with Crippen molar-refractivity contribution in [2.45, 2.75) is 25.8 Å². The number of likely N-dealkylation sites (tertiary alicyclic amines) is 1. The van der Waals surface area contributed by atoms with E-state index in [1.165, 1.54) is 17.4 Å². The zero-order chi connectivity index (χ0) is 15.0. The van der Waals surface area contributed by atoms with Gasteiger partial charge < -0.3 is 10.2 Å². The highest BCUT2D eigenvalue weighted by molar-refractivity contribution is 7.21. The highest BCUT2D eigenvalue weighted by Crippen LogP contribution is 2.33. The van der Waals surface area contributed by atoms with Crippen LogP contribution >= 0.6 is 23.7 Å². The Hall–Kier alpha value is -1.17. The zero-order valence-corrected chi connectivity index (χ0v) is 14.3. The van der Waals surface area contributed by atoms with Gasteiger partial charge in [-0.3, -0.25) is 4.79 Å². The van der Waals surface area contributed by atoms with E-state index in [9.17, 15) is 9.18 Å². The van der Waals surface area contributed by atoms with Gasteiger partial charge in [-0.1, -0.05) is 6.07 Å². The van der Waals surface area contributed by atoms with Crippen LogP contribution in [-0.4, -0.2) is 37.0 Å². The van der Waals surface area contributed by atoms with Crippen LogP contribution in [0.1, 0.15) is 28.1 Å². The predicted octanol–water partition coefficient (Wildman–Crippen LogP) is 3.59. The zero-order valence-electron chi connectivity index (χ0n) is 12.7. The first kappa shape index (κ1) is 17.2. The molecule has 0 bridgehead atoms. The van der Waals surface area contributed by atoms with Crippen molar-refractivity contribution in [1.82, 2.24) is 10.2 Å². The first-order valence-electron chi connectivity index (χ1n) is 7.26. The summed E-state index contributed by atoms with van der Waals surface area (Å²) >= 11 is 1.40.